The average Bonchev–Trinajstić information content (AvgIpc) is 2.32. The summed E-state index contributed by atoms with van der Waals surface area (Å²) < 4.78 is 22.9. The van der Waals surface area contributed by atoms with Crippen LogP contribution in [0, 0.1) is 12.8 Å². The maximum Gasteiger partial charge on any atom is 0.238 e. The second kappa shape index (κ2) is 6.12. The maximum atomic E-state index is 11.9. The number of carbonyl (C=O) groups excluding carboxylic acids is 1. The first-order valence-corrected chi connectivity index (χ1v) is 8.81. The van der Waals surface area contributed by atoms with Gasteiger partial charge in [-0.1, -0.05) is 29.6 Å². The van der Waals surface area contributed by atoms with Gasteiger partial charge in [-0.3, -0.25) is 4.79 Å². The van der Waals surface area contributed by atoms with Crippen LogP contribution in [0.1, 0.15) is 31.2 Å². The van der Waals surface area contributed by atoms with Gasteiger partial charge in [-0.25, -0.2) is 13.6 Å². The molecule has 0 atom stereocenters. The van der Waals surface area contributed by atoms with Gasteiger partial charge in [0.1, 0.15) is 0 Å². The number of nitrogens with one attached hydrogen (secondary N) is 1. The van der Waals surface area contributed by atoms with E-state index in [4.69, 9.17) is 28.3 Å². The summed E-state index contributed by atoms with van der Waals surface area (Å²) >= 11 is 12.1. The summed E-state index contributed by atoms with van der Waals surface area (Å²) in [5.74, 6) is 0.235. The zero-order chi connectivity index (χ0) is 15.8. The van der Waals surface area contributed by atoms with Crippen molar-refractivity contribution in [3.63, 3.8) is 0 Å². The molecule has 0 aliphatic heterocycles. The number of carbonyl (C=O) groups is 1. The summed E-state index contributed by atoms with van der Waals surface area (Å²) in [6.45, 7) is 1.51. The number of primary sulfonamides is 1. The first-order chi connectivity index (χ1) is 9.70. The van der Waals surface area contributed by atoms with Crippen molar-refractivity contribution in [2.75, 3.05) is 5.32 Å². The smallest absolute Gasteiger partial charge is 0.238 e. The lowest BCUT2D eigenvalue weighted by atomic mass is 9.83. The fourth-order valence-corrected chi connectivity index (χ4v) is 3.74. The van der Waals surface area contributed by atoms with Crippen LogP contribution in [0.4, 0.5) is 5.69 Å². The van der Waals surface area contributed by atoms with E-state index in [1.54, 1.807) is 0 Å². The van der Waals surface area contributed by atoms with Crippen molar-refractivity contribution < 1.29 is 13.2 Å². The van der Waals surface area contributed by atoms with Crippen LogP contribution >= 0.6 is 23.2 Å². The van der Waals surface area contributed by atoms with Crippen LogP contribution < -0.4 is 10.5 Å². The lowest BCUT2D eigenvalue weighted by molar-refractivity contribution is -0.117. The van der Waals surface area contributed by atoms with Crippen molar-refractivity contribution in [1.29, 1.82) is 0 Å². The van der Waals surface area contributed by atoms with Crippen LogP contribution in [0.15, 0.2) is 11.0 Å². The summed E-state index contributed by atoms with van der Waals surface area (Å²) in [6.07, 6.45) is 3.68. The molecule has 1 saturated carbocycles. The molecule has 1 aromatic rings. The van der Waals surface area contributed by atoms with Gasteiger partial charge >= 0.3 is 0 Å². The number of sulfonamides is 1. The molecule has 0 unspecified atom stereocenters. The Morgan fingerprint density at radius 2 is 2.05 bits per heavy atom. The molecular weight excluding hydrogens is 335 g/mol. The molecule has 1 aliphatic rings. The lowest BCUT2D eigenvalue weighted by Gasteiger charge is -2.24. The van der Waals surface area contributed by atoms with E-state index in [1.165, 1.54) is 13.0 Å². The Bertz CT molecular complexity index is 685. The molecule has 1 amide bonds. The van der Waals surface area contributed by atoms with Crippen LogP contribution in [-0.4, -0.2) is 14.3 Å². The van der Waals surface area contributed by atoms with E-state index >= 15 is 0 Å². The Morgan fingerprint density at radius 3 is 2.52 bits per heavy atom. The zero-order valence-electron chi connectivity index (χ0n) is 11.4. The molecule has 5 nitrogen and oxygen atoms in total. The minimum atomic E-state index is -3.92. The molecule has 3 N–H and O–H groups in total. The van der Waals surface area contributed by atoms with Gasteiger partial charge in [0.05, 0.1) is 20.6 Å². The molecule has 1 aromatic carbocycles. The number of benzene rings is 1. The number of nitrogens with two attached hydrogens (primary N) is 1. The number of hydrogen-bond acceptors (Lipinski definition) is 3. The molecule has 8 heteroatoms. The topological polar surface area (TPSA) is 89.3 Å². The molecular formula is C13H16Cl2N2O3S. The van der Waals surface area contributed by atoms with E-state index in [-0.39, 0.29) is 32.1 Å². The van der Waals surface area contributed by atoms with Crippen LogP contribution in [-0.2, 0) is 14.8 Å². The summed E-state index contributed by atoms with van der Waals surface area (Å²) in [4.78, 5) is 11.8. The van der Waals surface area contributed by atoms with E-state index in [9.17, 15) is 13.2 Å². The van der Waals surface area contributed by atoms with E-state index in [1.807, 2.05) is 0 Å². The normalized spacial score (nSPS) is 15.6. The summed E-state index contributed by atoms with van der Waals surface area (Å²) in [6, 6.07) is 1.21. The van der Waals surface area contributed by atoms with E-state index in [2.05, 4.69) is 5.32 Å². The van der Waals surface area contributed by atoms with Crippen LogP contribution in [0.2, 0.25) is 10.0 Å². The quantitative estimate of drug-likeness (QED) is 0.874. The zero-order valence-corrected chi connectivity index (χ0v) is 13.8. The highest BCUT2D eigenvalue weighted by molar-refractivity contribution is 7.89. The van der Waals surface area contributed by atoms with Crippen LogP contribution in [0.5, 0.6) is 0 Å². The standard InChI is InChI=1S/C13H16Cl2N2O3S/c1-7-10(21(16,19)20)6-9(14)13(12(7)15)17-11(18)5-8-3-2-4-8/h6,8H,2-5H2,1H3,(H,17,18)(H2,16,19,20). The molecule has 0 aromatic heterocycles. The molecule has 0 spiro atoms. The van der Waals surface area contributed by atoms with Crippen molar-refractivity contribution in [2.24, 2.45) is 11.1 Å². The van der Waals surface area contributed by atoms with E-state index < -0.39 is 10.0 Å². The second-order valence-electron chi connectivity index (χ2n) is 5.26. The van der Waals surface area contributed by atoms with Crippen molar-refractivity contribution in [3.8, 4) is 0 Å². The van der Waals surface area contributed by atoms with Crippen molar-refractivity contribution in [1.82, 2.24) is 0 Å². The minimum absolute atomic E-state index is 0.0524. The summed E-state index contributed by atoms with van der Waals surface area (Å²) in [7, 11) is -3.92. The van der Waals surface area contributed by atoms with Crippen LogP contribution in [0.3, 0.4) is 0 Å². The Morgan fingerprint density at radius 1 is 1.43 bits per heavy atom. The third-order valence-corrected chi connectivity index (χ3v) is 5.49. The highest BCUT2D eigenvalue weighted by Gasteiger charge is 2.23. The molecule has 1 fully saturated rings. The molecule has 0 bridgehead atoms. The first kappa shape index (κ1) is 16.5. The largest absolute Gasteiger partial charge is 0.324 e. The molecule has 0 heterocycles. The molecule has 0 saturated heterocycles. The molecule has 1 aliphatic carbocycles. The van der Waals surface area contributed by atoms with Gasteiger partial charge in [0, 0.05) is 6.42 Å². The Kier molecular flexibility index (Phi) is 4.82. The van der Waals surface area contributed by atoms with Crippen LogP contribution in [0.25, 0.3) is 0 Å². The van der Waals surface area contributed by atoms with Gasteiger partial charge < -0.3 is 5.32 Å². The fraction of sp³-hybridized carbons (Fsp3) is 0.462. The van der Waals surface area contributed by atoms with E-state index in [0.717, 1.165) is 19.3 Å². The fourth-order valence-electron chi connectivity index (χ4n) is 2.26. The lowest BCUT2D eigenvalue weighted by Crippen LogP contribution is -2.21. The first-order valence-electron chi connectivity index (χ1n) is 6.51. The number of rotatable bonds is 4. The minimum Gasteiger partial charge on any atom is -0.324 e. The monoisotopic (exact) mass is 350 g/mol. The number of halogens is 2. The third kappa shape index (κ3) is 3.69. The van der Waals surface area contributed by atoms with Gasteiger partial charge in [-0.2, -0.15) is 0 Å². The molecule has 21 heavy (non-hydrogen) atoms. The van der Waals surface area contributed by atoms with E-state index in [0.29, 0.717) is 12.3 Å². The summed E-state index contributed by atoms with van der Waals surface area (Å²) in [5.41, 5.74) is 0.495. The predicted molar refractivity (Wildman–Crippen MR) is 83.2 cm³/mol. The Labute approximate surface area is 133 Å². The third-order valence-electron chi connectivity index (χ3n) is 3.68. The molecule has 2 rings (SSSR count). The van der Waals surface area contributed by atoms with Gasteiger partial charge in [-0.15, -0.1) is 0 Å². The van der Waals surface area contributed by atoms with Crippen molar-refractivity contribution >= 4 is 44.8 Å². The number of hydrogen-bond donors (Lipinski definition) is 2. The van der Waals surface area contributed by atoms with Gasteiger partial charge in [0.2, 0.25) is 15.9 Å². The Hall–Kier alpha value is -0.820. The maximum absolute atomic E-state index is 11.9. The van der Waals surface area contributed by atoms with Gasteiger partial charge in [0.25, 0.3) is 0 Å². The number of anilines is 1. The highest BCUT2D eigenvalue weighted by Crippen LogP contribution is 2.37. The molecule has 0 radical (unpaired) electrons. The average molecular weight is 351 g/mol. The Balaban J connectivity index is 2.28. The highest BCUT2D eigenvalue weighted by atomic mass is 35.5. The molecule has 116 valence electrons. The van der Waals surface area contributed by atoms with Crippen molar-refractivity contribution in [2.45, 2.75) is 37.5 Å². The van der Waals surface area contributed by atoms with Gasteiger partial charge in [0.15, 0.2) is 0 Å². The number of amides is 1. The summed E-state index contributed by atoms with van der Waals surface area (Å²) in [5, 5.41) is 7.91. The SMILES string of the molecule is Cc1c(S(N)(=O)=O)cc(Cl)c(NC(=O)CC2CCC2)c1Cl. The second-order valence-corrected chi connectivity index (χ2v) is 7.58. The van der Waals surface area contributed by atoms with Crippen molar-refractivity contribution in [3.05, 3.63) is 21.7 Å². The predicted octanol–water partition coefficient (Wildman–Crippen LogP) is 3.08. The van der Waals surface area contributed by atoms with Gasteiger partial charge in [-0.05, 0) is 37.3 Å².